The van der Waals surface area contributed by atoms with Gasteiger partial charge >= 0.3 is 19.8 Å². The largest absolute Gasteiger partial charge is 0.472 e. The maximum absolute atomic E-state index is 12.5. The molecule has 0 bridgehead atoms. The number of esters is 2. The van der Waals surface area contributed by atoms with Crippen molar-refractivity contribution in [2.45, 2.75) is 181 Å². The van der Waals surface area contributed by atoms with Crippen LogP contribution in [-0.2, 0) is 32.7 Å². The van der Waals surface area contributed by atoms with Crippen LogP contribution in [0, 0.1) is 0 Å². The molecule has 2 atom stereocenters. The van der Waals surface area contributed by atoms with Gasteiger partial charge in [0.25, 0.3) is 0 Å². The number of ether oxygens (including phenoxy) is 2. The summed E-state index contributed by atoms with van der Waals surface area (Å²) in [5.41, 5.74) is 0. The van der Waals surface area contributed by atoms with Crippen molar-refractivity contribution in [1.29, 1.82) is 0 Å². The molecule has 8 nitrogen and oxygen atoms in total. The smallest absolute Gasteiger partial charge is 0.462 e. The molecule has 54 heavy (non-hydrogen) atoms. The van der Waals surface area contributed by atoms with Crippen molar-refractivity contribution in [2.24, 2.45) is 0 Å². The molecule has 0 fully saturated rings. The van der Waals surface area contributed by atoms with Crippen molar-refractivity contribution >= 4 is 19.8 Å². The highest BCUT2D eigenvalue weighted by Gasteiger charge is 2.25. The van der Waals surface area contributed by atoms with E-state index >= 15 is 0 Å². The highest BCUT2D eigenvalue weighted by molar-refractivity contribution is 7.47. The molecule has 0 aliphatic rings. The van der Waals surface area contributed by atoms with Crippen LogP contribution in [0.25, 0.3) is 0 Å². The maximum Gasteiger partial charge on any atom is 0.472 e. The SMILES string of the molecule is CC/C=C\C/C=C\C/C=C\C/C=C\CCC(=O)OC(COC(=O)CCCCCCCCCCC/C=C\C/C=C\CCCCCCC)COP(=O)(O)OCC. The fourth-order valence-electron chi connectivity index (χ4n) is 5.44. The van der Waals surface area contributed by atoms with Crippen LogP contribution in [0.5, 0.6) is 0 Å². The second-order valence-corrected chi connectivity index (χ2v) is 15.1. The van der Waals surface area contributed by atoms with Crippen LogP contribution in [0.1, 0.15) is 175 Å². The van der Waals surface area contributed by atoms with Gasteiger partial charge in [0.15, 0.2) is 6.10 Å². The molecular weight excluding hydrogens is 699 g/mol. The van der Waals surface area contributed by atoms with Gasteiger partial charge in [-0.3, -0.25) is 18.6 Å². The Morgan fingerprint density at radius 1 is 0.519 bits per heavy atom. The van der Waals surface area contributed by atoms with E-state index in [9.17, 15) is 19.0 Å². The molecule has 1 N–H and O–H groups in total. The van der Waals surface area contributed by atoms with Gasteiger partial charge in [0, 0.05) is 12.8 Å². The normalized spacial score (nSPS) is 14.1. The Bertz CT molecular complexity index is 1110. The molecule has 0 spiro atoms. The molecule has 2 unspecified atom stereocenters. The summed E-state index contributed by atoms with van der Waals surface area (Å²) in [6, 6.07) is 0. The van der Waals surface area contributed by atoms with Gasteiger partial charge in [-0.1, -0.05) is 157 Å². The molecule has 0 radical (unpaired) electrons. The number of hydrogen-bond donors (Lipinski definition) is 1. The lowest BCUT2D eigenvalue weighted by atomic mass is 10.1. The number of carbonyl (C=O) groups excluding carboxylic acids is 2. The van der Waals surface area contributed by atoms with Crippen molar-refractivity contribution in [3.05, 3.63) is 72.9 Å². The van der Waals surface area contributed by atoms with Crippen LogP contribution in [0.2, 0.25) is 0 Å². The summed E-state index contributed by atoms with van der Waals surface area (Å²) in [6.45, 7) is 5.24. The molecule has 0 heterocycles. The molecule has 310 valence electrons. The number of carbonyl (C=O) groups is 2. The summed E-state index contributed by atoms with van der Waals surface area (Å²) < 4.78 is 32.5. The van der Waals surface area contributed by atoms with E-state index < -0.39 is 32.5 Å². The van der Waals surface area contributed by atoms with Crippen LogP contribution in [0.3, 0.4) is 0 Å². The van der Waals surface area contributed by atoms with E-state index in [1.165, 1.54) is 77.0 Å². The molecule has 9 heteroatoms. The summed E-state index contributed by atoms with van der Waals surface area (Å²) in [5, 5.41) is 0. The second-order valence-electron chi connectivity index (χ2n) is 13.6. The number of allylic oxidation sites excluding steroid dienone is 12. The van der Waals surface area contributed by atoms with Gasteiger partial charge in [-0.05, 0) is 77.6 Å². The minimum atomic E-state index is -4.30. The molecular formula is C45H77O8P. The molecule has 0 amide bonds. The predicted octanol–water partition coefficient (Wildman–Crippen LogP) is 13.3. The lowest BCUT2D eigenvalue weighted by Crippen LogP contribution is -2.29. The summed E-state index contributed by atoms with van der Waals surface area (Å²) in [5.74, 6) is -0.902. The van der Waals surface area contributed by atoms with Gasteiger partial charge in [0.1, 0.15) is 6.61 Å². The van der Waals surface area contributed by atoms with E-state index in [1.54, 1.807) is 6.92 Å². The van der Waals surface area contributed by atoms with Gasteiger partial charge in [-0.2, -0.15) is 0 Å². The lowest BCUT2D eigenvalue weighted by Gasteiger charge is -2.19. The monoisotopic (exact) mass is 777 g/mol. The van der Waals surface area contributed by atoms with Gasteiger partial charge in [0.05, 0.1) is 13.2 Å². The summed E-state index contributed by atoms with van der Waals surface area (Å²) in [7, 11) is -4.30. The van der Waals surface area contributed by atoms with E-state index in [1.807, 2.05) is 12.2 Å². The molecule has 0 rings (SSSR count). The molecule has 0 aliphatic heterocycles. The zero-order valence-corrected chi connectivity index (χ0v) is 35.2. The first-order valence-corrected chi connectivity index (χ1v) is 22.7. The fourth-order valence-corrected chi connectivity index (χ4v) is 6.19. The number of rotatable bonds is 38. The van der Waals surface area contributed by atoms with E-state index in [2.05, 4.69) is 74.6 Å². The number of hydrogen-bond acceptors (Lipinski definition) is 7. The summed E-state index contributed by atoms with van der Waals surface area (Å²) in [4.78, 5) is 34.6. The topological polar surface area (TPSA) is 108 Å². The third kappa shape index (κ3) is 39.2. The molecule has 0 aromatic carbocycles. The Morgan fingerprint density at radius 3 is 1.50 bits per heavy atom. The molecule has 0 saturated carbocycles. The van der Waals surface area contributed by atoms with Crippen molar-refractivity contribution in [3.8, 4) is 0 Å². The Labute approximate surface area is 330 Å². The number of phosphoric ester groups is 1. The van der Waals surface area contributed by atoms with Crippen molar-refractivity contribution in [3.63, 3.8) is 0 Å². The highest BCUT2D eigenvalue weighted by Crippen LogP contribution is 2.43. The van der Waals surface area contributed by atoms with Crippen LogP contribution in [0.4, 0.5) is 0 Å². The maximum atomic E-state index is 12.5. The predicted molar refractivity (Wildman–Crippen MR) is 225 cm³/mol. The lowest BCUT2D eigenvalue weighted by molar-refractivity contribution is -0.161. The quantitative estimate of drug-likeness (QED) is 0.0286. The van der Waals surface area contributed by atoms with Gasteiger partial charge < -0.3 is 14.4 Å². The first-order valence-electron chi connectivity index (χ1n) is 21.2. The Morgan fingerprint density at radius 2 is 0.981 bits per heavy atom. The van der Waals surface area contributed by atoms with E-state index in [0.717, 1.165) is 57.8 Å². The first-order chi connectivity index (χ1) is 26.3. The Hall–Kier alpha value is -2.51. The summed E-state index contributed by atoms with van der Waals surface area (Å²) >= 11 is 0. The van der Waals surface area contributed by atoms with Crippen molar-refractivity contribution < 1.29 is 37.6 Å². The Balaban J connectivity index is 4.13. The van der Waals surface area contributed by atoms with Crippen LogP contribution < -0.4 is 0 Å². The average molecular weight is 777 g/mol. The van der Waals surface area contributed by atoms with Gasteiger partial charge in [-0.15, -0.1) is 0 Å². The third-order valence-electron chi connectivity index (χ3n) is 8.51. The van der Waals surface area contributed by atoms with E-state index in [-0.39, 0.29) is 26.1 Å². The van der Waals surface area contributed by atoms with Crippen LogP contribution in [0.15, 0.2) is 72.9 Å². The van der Waals surface area contributed by atoms with E-state index in [0.29, 0.717) is 6.42 Å². The highest BCUT2D eigenvalue weighted by atomic mass is 31.2. The minimum absolute atomic E-state index is 0.0161. The van der Waals surface area contributed by atoms with Crippen LogP contribution >= 0.6 is 7.82 Å². The zero-order chi connectivity index (χ0) is 39.6. The molecule has 0 aromatic rings. The third-order valence-corrected chi connectivity index (χ3v) is 9.57. The zero-order valence-electron chi connectivity index (χ0n) is 34.3. The van der Waals surface area contributed by atoms with Crippen molar-refractivity contribution in [2.75, 3.05) is 19.8 Å². The van der Waals surface area contributed by atoms with Gasteiger partial charge in [-0.25, -0.2) is 4.57 Å². The van der Waals surface area contributed by atoms with Crippen LogP contribution in [-0.4, -0.2) is 42.8 Å². The summed E-state index contributed by atoms with van der Waals surface area (Å²) in [6.07, 6.45) is 49.8. The van der Waals surface area contributed by atoms with Gasteiger partial charge in [0.2, 0.25) is 0 Å². The average Bonchev–Trinajstić information content (AvgIpc) is 3.15. The van der Waals surface area contributed by atoms with Crippen molar-refractivity contribution in [1.82, 2.24) is 0 Å². The minimum Gasteiger partial charge on any atom is -0.462 e. The first kappa shape index (κ1) is 51.5. The Kier molecular flexibility index (Phi) is 38.3. The number of phosphoric acid groups is 1. The fraction of sp³-hybridized carbons (Fsp3) is 0.689. The standard InChI is InChI=1S/C45H77O8P/c1-4-7-9-11-13-15-17-19-20-21-22-23-24-25-26-28-29-31-33-35-37-39-44(46)50-41-43(42-52-54(48,49)51-6-3)53-45(47)40-38-36-34-32-30-27-18-16-14-12-10-8-5-2/h8,10,14,16-17,19,21-22,27,30,34,36,43H,4-7,9,11-13,15,18,20,23-26,28-29,31-33,35,37-42H2,1-3H3,(H,48,49)/b10-8-,16-14-,19-17-,22-21-,30-27-,36-34-. The second kappa shape index (κ2) is 40.2. The molecule has 0 aliphatic carbocycles. The molecule has 0 aromatic heterocycles. The number of unbranched alkanes of at least 4 members (excludes halogenated alkanes) is 14. The molecule has 0 saturated heterocycles. The van der Waals surface area contributed by atoms with E-state index in [4.69, 9.17) is 18.5 Å².